The third-order valence-electron chi connectivity index (χ3n) is 3.89. The summed E-state index contributed by atoms with van der Waals surface area (Å²) in [7, 11) is 0. The Bertz CT molecular complexity index is 671. The van der Waals surface area contributed by atoms with Gasteiger partial charge >= 0.3 is 0 Å². The molecule has 6 heteroatoms. The number of thiazole rings is 1. The lowest BCUT2D eigenvalue weighted by atomic mass is 10.0. The zero-order chi connectivity index (χ0) is 16.2. The Morgan fingerprint density at radius 2 is 2.22 bits per heavy atom. The normalized spacial score (nSPS) is 18.0. The van der Waals surface area contributed by atoms with Gasteiger partial charge in [-0.05, 0) is 43.0 Å². The van der Waals surface area contributed by atoms with Gasteiger partial charge in [-0.3, -0.25) is 4.79 Å². The van der Waals surface area contributed by atoms with Crippen molar-refractivity contribution in [2.75, 3.05) is 13.1 Å². The summed E-state index contributed by atoms with van der Waals surface area (Å²) in [4.78, 5) is 18.8. The van der Waals surface area contributed by atoms with Gasteiger partial charge in [0, 0.05) is 23.5 Å². The van der Waals surface area contributed by atoms with Crippen LogP contribution in [0.1, 0.15) is 35.3 Å². The maximum absolute atomic E-state index is 12.5. The van der Waals surface area contributed by atoms with Gasteiger partial charge in [0.05, 0.1) is 0 Å². The van der Waals surface area contributed by atoms with Crippen molar-refractivity contribution in [3.63, 3.8) is 0 Å². The SMILES string of the molecule is CC1CCCN(C(=O)c2csc(COc3ccc(Cl)cc3)n2)C1. The molecule has 0 spiro atoms. The zero-order valence-corrected chi connectivity index (χ0v) is 14.6. The first-order chi connectivity index (χ1) is 11.1. The number of hydrogen-bond acceptors (Lipinski definition) is 4. The van der Waals surface area contributed by atoms with Crippen molar-refractivity contribution in [1.82, 2.24) is 9.88 Å². The molecular formula is C17H19ClN2O2S. The second-order valence-electron chi connectivity index (χ2n) is 5.87. The standard InChI is InChI=1S/C17H19ClN2O2S/c1-12-3-2-8-20(9-12)17(21)15-11-23-16(19-15)10-22-14-6-4-13(18)5-7-14/h4-7,11-12H,2-3,8-10H2,1H3. The average Bonchev–Trinajstić information content (AvgIpc) is 3.02. The Balaban J connectivity index is 1.59. The molecular weight excluding hydrogens is 332 g/mol. The van der Waals surface area contributed by atoms with Gasteiger partial charge < -0.3 is 9.64 Å². The lowest BCUT2D eigenvalue weighted by Gasteiger charge is -2.30. The van der Waals surface area contributed by atoms with Crippen molar-refractivity contribution < 1.29 is 9.53 Å². The van der Waals surface area contributed by atoms with Crippen LogP contribution in [0.3, 0.4) is 0 Å². The third kappa shape index (κ3) is 4.24. The molecule has 1 unspecified atom stereocenters. The molecule has 1 fully saturated rings. The van der Waals surface area contributed by atoms with E-state index >= 15 is 0 Å². The average molecular weight is 351 g/mol. The number of amides is 1. The third-order valence-corrected chi connectivity index (χ3v) is 4.97. The van der Waals surface area contributed by atoms with Crippen molar-refractivity contribution >= 4 is 28.8 Å². The first-order valence-corrected chi connectivity index (χ1v) is 8.99. The number of rotatable bonds is 4. The van der Waals surface area contributed by atoms with E-state index in [9.17, 15) is 4.79 Å². The van der Waals surface area contributed by atoms with E-state index in [1.165, 1.54) is 17.8 Å². The number of carbonyl (C=O) groups is 1. The molecule has 2 aromatic rings. The summed E-state index contributed by atoms with van der Waals surface area (Å²) in [5.41, 5.74) is 0.527. The number of piperidine rings is 1. The summed E-state index contributed by atoms with van der Waals surface area (Å²) in [5, 5.41) is 3.30. The topological polar surface area (TPSA) is 42.4 Å². The summed E-state index contributed by atoms with van der Waals surface area (Å²) in [6, 6.07) is 7.20. The highest BCUT2D eigenvalue weighted by Crippen LogP contribution is 2.21. The van der Waals surface area contributed by atoms with Crippen molar-refractivity contribution in [3.05, 3.63) is 45.4 Å². The van der Waals surface area contributed by atoms with Crippen LogP contribution in [-0.4, -0.2) is 28.9 Å². The number of aromatic nitrogens is 1. The molecule has 3 rings (SSSR count). The second kappa shape index (κ2) is 7.32. The zero-order valence-electron chi connectivity index (χ0n) is 13.0. The van der Waals surface area contributed by atoms with E-state index in [4.69, 9.17) is 16.3 Å². The summed E-state index contributed by atoms with van der Waals surface area (Å²) in [6.45, 7) is 4.20. The molecule has 1 aromatic carbocycles. The van der Waals surface area contributed by atoms with Crippen molar-refractivity contribution in [2.45, 2.75) is 26.4 Å². The molecule has 1 aliphatic heterocycles. The fraction of sp³-hybridized carbons (Fsp3) is 0.412. The van der Waals surface area contributed by atoms with E-state index in [1.54, 1.807) is 12.1 Å². The molecule has 23 heavy (non-hydrogen) atoms. The monoisotopic (exact) mass is 350 g/mol. The van der Waals surface area contributed by atoms with E-state index in [0.717, 1.165) is 30.3 Å². The summed E-state index contributed by atoms with van der Waals surface area (Å²) < 4.78 is 5.67. The highest BCUT2D eigenvalue weighted by molar-refractivity contribution is 7.09. The fourth-order valence-electron chi connectivity index (χ4n) is 2.69. The minimum absolute atomic E-state index is 0.0329. The molecule has 0 N–H and O–H groups in total. The van der Waals surface area contributed by atoms with Gasteiger partial charge in [-0.2, -0.15) is 0 Å². The van der Waals surface area contributed by atoms with Gasteiger partial charge in [-0.25, -0.2) is 4.98 Å². The van der Waals surface area contributed by atoms with Gasteiger partial charge in [0.2, 0.25) is 0 Å². The predicted molar refractivity (Wildman–Crippen MR) is 92.2 cm³/mol. The van der Waals surface area contributed by atoms with Crippen LogP contribution in [0.25, 0.3) is 0 Å². The molecule has 1 amide bonds. The number of likely N-dealkylation sites (tertiary alicyclic amines) is 1. The van der Waals surface area contributed by atoms with Crippen LogP contribution in [0, 0.1) is 5.92 Å². The molecule has 0 aliphatic carbocycles. The highest BCUT2D eigenvalue weighted by atomic mass is 35.5. The Kier molecular flexibility index (Phi) is 5.18. The van der Waals surface area contributed by atoms with E-state index in [-0.39, 0.29) is 5.91 Å². The molecule has 122 valence electrons. The molecule has 1 aliphatic rings. The first kappa shape index (κ1) is 16.3. The minimum atomic E-state index is 0.0329. The van der Waals surface area contributed by atoms with Gasteiger partial charge in [-0.15, -0.1) is 11.3 Å². The molecule has 1 aromatic heterocycles. The quantitative estimate of drug-likeness (QED) is 0.827. The second-order valence-corrected chi connectivity index (χ2v) is 7.25. The summed E-state index contributed by atoms with van der Waals surface area (Å²) in [5.74, 6) is 1.34. The molecule has 0 radical (unpaired) electrons. The summed E-state index contributed by atoms with van der Waals surface area (Å²) >= 11 is 7.30. The predicted octanol–water partition coefficient (Wildman–Crippen LogP) is 4.25. The van der Waals surface area contributed by atoms with Crippen LogP contribution < -0.4 is 4.74 Å². The van der Waals surface area contributed by atoms with E-state index in [0.29, 0.717) is 23.2 Å². The van der Waals surface area contributed by atoms with Crippen molar-refractivity contribution in [2.24, 2.45) is 5.92 Å². The van der Waals surface area contributed by atoms with E-state index in [1.807, 2.05) is 22.4 Å². The number of nitrogens with zero attached hydrogens (tertiary/aromatic N) is 2. The largest absolute Gasteiger partial charge is 0.486 e. The van der Waals surface area contributed by atoms with E-state index < -0.39 is 0 Å². The van der Waals surface area contributed by atoms with Crippen LogP contribution >= 0.6 is 22.9 Å². The number of carbonyl (C=O) groups excluding carboxylic acids is 1. The Morgan fingerprint density at radius 3 is 2.96 bits per heavy atom. The van der Waals surface area contributed by atoms with Crippen LogP contribution in [0.4, 0.5) is 0 Å². The van der Waals surface area contributed by atoms with E-state index in [2.05, 4.69) is 11.9 Å². The van der Waals surface area contributed by atoms with Crippen LogP contribution in [-0.2, 0) is 6.61 Å². The Morgan fingerprint density at radius 1 is 1.43 bits per heavy atom. The fourth-order valence-corrected chi connectivity index (χ4v) is 3.49. The number of hydrogen-bond donors (Lipinski definition) is 0. The maximum Gasteiger partial charge on any atom is 0.273 e. The molecule has 1 atom stereocenters. The van der Waals surface area contributed by atoms with Crippen LogP contribution in [0.15, 0.2) is 29.6 Å². The Hall–Kier alpha value is -1.59. The van der Waals surface area contributed by atoms with Gasteiger partial charge in [0.1, 0.15) is 23.1 Å². The van der Waals surface area contributed by atoms with Crippen molar-refractivity contribution in [3.8, 4) is 5.75 Å². The lowest BCUT2D eigenvalue weighted by molar-refractivity contribution is 0.0677. The number of ether oxygens (including phenoxy) is 1. The van der Waals surface area contributed by atoms with Gasteiger partial charge in [0.25, 0.3) is 5.91 Å². The molecule has 0 saturated carbocycles. The van der Waals surface area contributed by atoms with Gasteiger partial charge in [-0.1, -0.05) is 18.5 Å². The smallest absolute Gasteiger partial charge is 0.273 e. The highest BCUT2D eigenvalue weighted by Gasteiger charge is 2.23. The van der Waals surface area contributed by atoms with Gasteiger partial charge in [0.15, 0.2) is 0 Å². The van der Waals surface area contributed by atoms with Crippen LogP contribution in [0.5, 0.6) is 5.75 Å². The molecule has 1 saturated heterocycles. The molecule has 4 nitrogen and oxygen atoms in total. The number of benzene rings is 1. The minimum Gasteiger partial charge on any atom is -0.486 e. The first-order valence-electron chi connectivity index (χ1n) is 7.74. The Labute approximate surface area is 145 Å². The summed E-state index contributed by atoms with van der Waals surface area (Å²) in [6.07, 6.45) is 2.27. The van der Waals surface area contributed by atoms with Crippen molar-refractivity contribution in [1.29, 1.82) is 0 Å². The lowest BCUT2D eigenvalue weighted by Crippen LogP contribution is -2.39. The maximum atomic E-state index is 12.5. The molecule has 0 bridgehead atoms. The number of halogens is 1. The van der Waals surface area contributed by atoms with Crippen LogP contribution in [0.2, 0.25) is 5.02 Å². The molecule has 2 heterocycles.